The molecule has 0 heterocycles. The molecular formula is C26H16S. The highest BCUT2D eigenvalue weighted by Gasteiger charge is 2.05. The second kappa shape index (κ2) is 5.48. The van der Waals surface area contributed by atoms with E-state index in [1.165, 1.54) is 53.9 Å². The fourth-order valence-corrected chi connectivity index (χ4v) is 4.49. The van der Waals surface area contributed by atoms with Crippen LogP contribution in [0.2, 0.25) is 0 Å². The molecule has 0 saturated carbocycles. The van der Waals surface area contributed by atoms with Crippen molar-refractivity contribution in [3.8, 4) is 0 Å². The summed E-state index contributed by atoms with van der Waals surface area (Å²) >= 11 is 4.63. The van der Waals surface area contributed by atoms with Gasteiger partial charge in [-0.05, 0) is 108 Å². The molecular weight excluding hydrogens is 344 g/mol. The van der Waals surface area contributed by atoms with Crippen molar-refractivity contribution in [2.24, 2.45) is 0 Å². The Balaban J connectivity index is 1.71. The molecule has 0 N–H and O–H groups in total. The number of rotatable bonds is 0. The maximum absolute atomic E-state index is 4.63. The summed E-state index contributed by atoms with van der Waals surface area (Å²) in [5, 5.41) is 12.7. The summed E-state index contributed by atoms with van der Waals surface area (Å²) in [6, 6.07) is 33.2. The van der Waals surface area contributed by atoms with E-state index >= 15 is 0 Å². The molecule has 0 nitrogen and oxygen atoms in total. The van der Waals surface area contributed by atoms with Gasteiger partial charge in [-0.2, -0.15) is 0 Å². The highest BCUT2D eigenvalue weighted by Crippen LogP contribution is 2.33. The van der Waals surface area contributed by atoms with Crippen LogP contribution in [0.15, 0.2) is 95.9 Å². The Morgan fingerprint density at radius 3 is 1.33 bits per heavy atom. The molecule has 1 heteroatoms. The molecule has 0 aromatic heterocycles. The van der Waals surface area contributed by atoms with E-state index in [2.05, 4.69) is 104 Å². The van der Waals surface area contributed by atoms with Gasteiger partial charge in [-0.25, -0.2) is 0 Å². The molecule has 27 heavy (non-hydrogen) atoms. The van der Waals surface area contributed by atoms with Crippen molar-refractivity contribution in [2.45, 2.75) is 4.90 Å². The predicted octanol–water partition coefficient (Wildman–Crippen LogP) is 7.74. The third kappa shape index (κ3) is 2.32. The van der Waals surface area contributed by atoms with E-state index < -0.39 is 0 Å². The number of hydrogen-bond acceptors (Lipinski definition) is 1. The molecule has 6 rings (SSSR count). The van der Waals surface area contributed by atoms with Gasteiger partial charge < -0.3 is 0 Å². The van der Waals surface area contributed by atoms with Crippen molar-refractivity contribution >= 4 is 66.5 Å². The van der Waals surface area contributed by atoms with Crippen molar-refractivity contribution in [1.82, 2.24) is 0 Å². The van der Waals surface area contributed by atoms with Gasteiger partial charge in [0.2, 0.25) is 0 Å². The van der Waals surface area contributed by atoms with Gasteiger partial charge in [0, 0.05) is 4.90 Å². The lowest BCUT2D eigenvalue weighted by Crippen LogP contribution is -1.82. The number of fused-ring (bicyclic) bond motifs is 5. The summed E-state index contributed by atoms with van der Waals surface area (Å²) in [6.07, 6.45) is 0. The third-order valence-electron chi connectivity index (χ3n) is 5.59. The maximum atomic E-state index is 4.63. The highest BCUT2D eigenvalue weighted by atomic mass is 32.1. The molecule has 6 aromatic carbocycles. The molecule has 6 aromatic rings. The van der Waals surface area contributed by atoms with E-state index in [4.69, 9.17) is 0 Å². The first kappa shape index (κ1) is 15.1. The maximum Gasteiger partial charge on any atom is 0.0119 e. The highest BCUT2D eigenvalue weighted by molar-refractivity contribution is 7.80. The van der Waals surface area contributed by atoms with Crippen molar-refractivity contribution in [1.29, 1.82) is 0 Å². The first-order valence-electron chi connectivity index (χ1n) is 9.16. The third-order valence-corrected chi connectivity index (χ3v) is 5.98. The summed E-state index contributed by atoms with van der Waals surface area (Å²) in [5.74, 6) is 0. The van der Waals surface area contributed by atoms with Gasteiger partial charge in [-0.1, -0.05) is 36.4 Å². The first-order chi connectivity index (χ1) is 13.2. The molecule has 0 aliphatic heterocycles. The van der Waals surface area contributed by atoms with E-state index in [0.29, 0.717) is 0 Å². The van der Waals surface area contributed by atoms with Crippen LogP contribution < -0.4 is 0 Å². The average molecular weight is 360 g/mol. The molecule has 0 fully saturated rings. The number of benzene rings is 6. The Hall–Kier alpha value is -3.03. The summed E-state index contributed by atoms with van der Waals surface area (Å²) in [5.41, 5.74) is 0. The van der Waals surface area contributed by atoms with Gasteiger partial charge in [0.1, 0.15) is 0 Å². The summed E-state index contributed by atoms with van der Waals surface area (Å²) < 4.78 is 0. The summed E-state index contributed by atoms with van der Waals surface area (Å²) in [7, 11) is 0. The minimum atomic E-state index is 1.03. The zero-order chi connectivity index (χ0) is 18.0. The largest absolute Gasteiger partial charge is 0.143 e. The smallest absolute Gasteiger partial charge is 0.0119 e. The fourth-order valence-electron chi connectivity index (χ4n) is 4.21. The lowest BCUT2D eigenvalue weighted by atomic mass is 9.96. The standard InChI is InChI=1S/C26H16S/c27-26-7-3-6-18-10-21-13-22-11-19-8-16-4-1-2-5-17(16)9-20(19)12-23(22)14-24(21)15-25(18)26/h1-15,27H. The predicted molar refractivity (Wildman–Crippen MR) is 121 cm³/mol. The van der Waals surface area contributed by atoms with Crippen LogP contribution in [0.1, 0.15) is 0 Å². The fraction of sp³-hybridized carbons (Fsp3) is 0. The second-order valence-corrected chi connectivity index (χ2v) is 7.78. The lowest BCUT2D eigenvalue weighted by Gasteiger charge is -2.09. The van der Waals surface area contributed by atoms with Gasteiger partial charge in [-0.3, -0.25) is 0 Å². The molecule has 0 radical (unpaired) electrons. The van der Waals surface area contributed by atoms with Crippen LogP contribution in [0, 0.1) is 0 Å². The normalized spacial score (nSPS) is 11.9. The van der Waals surface area contributed by atoms with Crippen molar-refractivity contribution in [2.75, 3.05) is 0 Å². The molecule has 0 atom stereocenters. The Labute approximate surface area is 162 Å². The number of thiol groups is 1. The molecule has 0 spiro atoms. The Kier molecular flexibility index (Phi) is 3.06. The van der Waals surface area contributed by atoms with Crippen LogP contribution >= 0.6 is 12.6 Å². The van der Waals surface area contributed by atoms with Crippen molar-refractivity contribution in [3.63, 3.8) is 0 Å². The van der Waals surface area contributed by atoms with Gasteiger partial charge in [0.05, 0.1) is 0 Å². The monoisotopic (exact) mass is 360 g/mol. The van der Waals surface area contributed by atoms with Crippen LogP contribution in [-0.2, 0) is 0 Å². The van der Waals surface area contributed by atoms with Gasteiger partial charge >= 0.3 is 0 Å². The zero-order valence-corrected chi connectivity index (χ0v) is 15.5. The Morgan fingerprint density at radius 2 is 0.778 bits per heavy atom. The van der Waals surface area contributed by atoms with E-state index in [9.17, 15) is 0 Å². The molecule has 0 aliphatic rings. The number of hydrogen-bond donors (Lipinski definition) is 1. The topological polar surface area (TPSA) is 0 Å². The Bertz CT molecular complexity index is 1530. The van der Waals surface area contributed by atoms with Crippen LogP contribution in [0.25, 0.3) is 53.9 Å². The SMILES string of the molecule is Sc1cccc2cc3cc4cc5cc6ccccc6cc5cc4cc3cc12. The zero-order valence-electron chi connectivity index (χ0n) is 14.6. The minimum Gasteiger partial charge on any atom is -0.143 e. The van der Waals surface area contributed by atoms with E-state index in [1.54, 1.807) is 0 Å². The quantitative estimate of drug-likeness (QED) is 0.208. The minimum absolute atomic E-state index is 1.03. The molecule has 0 amide bonds. The summed E-state index contributed by atoms with van der Waals surface area (Å²) in [4.78, 5) is 1.03. The molecule has 0 aliphatic carbocycles. The molecule has 0 unspecified atom stereocenters. The molecule has 0 bridgehead atoms. The van der Waals surface area contributed by atoms with Crippen LogP contribution in [-0.4, -0.2) is 0 Å². The van der Waals surface area contributed by atoms with Crippen LogP contribution in [0.4, 0.5) is 0 Å². The first-order valence-corrected chi connectivity index (χ1v) is 9.61. The average Bonchev–Trinajstić information content (AvgIpc) is 2.68. The van der Waals surface area contributed by atoms with E-state index in [-0.39, 0.29) is 0 Å². The van der Waals surface area contributed by atoms with Crippen molar-refractivity contribution in [3.05, 3.63) is 91.0 Å². The van der Waals surface area contributed by atoms with Gasteiger partial charge in [-0.15, -0.1) is 12.6 Å². The Morgan fingerprint density at radius 1 is 0.370 bits per heavy atom. The van der Waals surface area contributed by atoms with Crippen molar-refractivity contribution < 1.29 is 0 Å². The molecule has 0 saturated heterocycles. The molecule has 126 valence electrons. The second-order valence-electron chi connectivity index (χ2n) is 7.30. The van der Waals surface area contributed by atoms with E-state index in [0.717, 1.165) is 4.90 Å². The van der Waals surface area contributed by atoms with E-state index in [1.807, 2.05) is 0 Å². The van der Waals surface area contributed by atoms with Crippen LogP contribution in [0.5, 0.6) is 0 Å². The summed E-state index contributed by atoms with van der Waals surface area (Å²) in [6.45, 7) is 0. The van der Waals surface area contributed by atoms with Gasteiger partial charge in [0.25, 0.3) is 0 Å². The lowest BCUT2D eigenvalue weighted by molar-refractivity contribution is 1.57. The van der Waals surface area contributed by atoms with Crippen LogP contribution in [0.3, 0.4) is 0 Å². The van der Waals surface area contributed by atoms with Gasteiger partial charge in [0.15, 0.2) is 0 Å².